The number of carbonyl (C=O) groups excluding carboxylic acids is 1. The van der Waals surface area contributed by atoms with Crippen LogP contribution in [0.3, 0.4) is 0 Å². The van der Waals surface area contributed by atoms with Gasteiger partial charge in [0, 0.05) is 5.69 Å². The maximum atomic E-state index is 13.5. The third kappa shape index (κ3) is 5.94. The fourth-order valence-corrected chi connectivity index (χ4v) is 2.56. The van der Waals surface area contributed by atoms with E-state index in [0.29, 0.717) is 30.0 Å². The van der Waals surface area contributed by atoms with Gasteiger partial charge in [-0.1, -0.05) is 36.4 Å². The van der Waals surface area contributed by atoms with Gasteiger partial charge in [0.25, 0.3) is 0 Å². The minimum Gasteiger partial charge on any atom is -0.457 e. The average molecular weight is 364 g/mol. The number of halogens is 1. The van der Waals surface area contributed by atoms with Gasteiger partial charge in [-0.2, -0.15) is 0 Å². The van der Waals surface area contributed by atoms with Crippen LogP contribution in [0.25, 0.3) is 0 Å². The lowest BCUT2D eigenvalue weighted by molar-refractivity contribution is -0.115. The Kier molecular flexibility index (Phi) is 6.55. The van der Waals surface area contributed by atoms with E-state index in [1.54, 1.807) is 42.5 Å². The lowest BCUT2D eigenvalue weighted by Crippen LogP contribution is -2.29. The van der Waals surface area contributed by atoms with Gasteiger partial charge < -0.3 is 15.4 Å². The van der Waals surface area contributed by atoms with Crippen molar-refractivity contribution in [1.29, 1.82) is 0 Å². The molecule has 0 aliphatic rings. The molecule has 138 valence electrons. The number of hydrogen-bond donors (Lipinski definition) is 2. The highest BCUT2D eigenvalue weighted by Crippen LogP contribution is 2.22. The molecule has 0 saturated carbocycles. The van der Waals surface area contributed by atoms with E-state index in [1.807, 2.05) is 30.3 Å². The number of benzene rings is 3. The van der Waals surface area contributed by atoms with Gasteiger partial charge in [-0.15, -0.1) is 0 Å². The van der Waals surface area contributed by atoms with Crippen LogP contribution in [-0.2, 0) is 11.2 Å². The van der Waals surface area contributed by atoms with Crippen molar-refractivity contribution in [3.05, 3.63) is 90.2 Å². The number of anilines is 1. The van der Waals surface area contributed by atoms with Crippen LogP contribution in [0.2, 0.25) is 0 Å². The van der Waals surface area contributed by atoms with Crippen LogP contribution in [0.4, 0.5) is 10.1 Å². The Labute approximate surface area is 158 Å². The molecule has 0 radical (unpaired) electrons. The van der Waals surface area contributed by atoms with E-state index in [-0.39, 0.29) is 18.3 Å². The smallest absolute Gasteiger partial charge is 0.238 e. The second-order valence-corrected chi connectivity index (χ2v) is 6.01. The maximum Gasteiger partial charge on any atom is 0.238 e. The summed E-state index contributed by atoms with van der Waals surface area (Å²) in [5.74, 6) is 1.08. The van der Waals surface area contributed by atoms with Crippen molar-refractivity contribution in [3.8, 4) is 11.5 Å². The summed E-state index contributed by atoms with van der Waals surface area (Å²) in [4.78, 5) is 12.0. The fourth-order valence-electron chi connectivity index (χ4n) is 2.56. The second kappa shape index (κ2) is 9.50. The molecule has 0 aromatic heterocycles. The Bertz CT molecular complexity index is 867. The van der Waals surface area contributed by atoms with Crippen molar-refractivity contribution in [3.63, 3.8) is 0 Å². The largest absolute Gasteiger partial charge is 0.457 e. The lowest BCUT2D eigenvalue weighted by Gasteiger charge is -2.09. The molecule has 5 heteroatoms. The zero-order valence-corrected chi connectivity index (χ0v) is 14.8. The molecule has 0 saturated heterocycles. The molecule has 0 atom stereocenters. The predicted molar refractivity (Wildman–Crippen MR) is 105 cm³/mol. The van der Waals surface area contributed by atoms with Gasteiger partial charge in [-0.3, -0.25) is 4.79 Å². The Balaban J connectivity index is 1.41. The highest BCUT2D eigenvalue weighted by Gasteiger charge is 2.04. The molecule has 3 rings (SSSR count). The lowest BCUT2D eigenvalue weighted by atomic mass is 10.1. The third-order valence-corrected chi connectivity index (χ3v) is 3.93. The number of carbonyl (C=O) groups is 1. The molecule has 4 nitrogen and oxygen atoms in total. The van der Waals surface area contributed by atoms with E-state index >= 15 is 0 Å². The van der Waals surface area contributed by atoms with E-state index in [0.717, 1.165) is 5.75 Å². The SMILES string of the molecule is O=C(CNCCc1ccccc1F)Nc1ccc(Oc2ccccc2)cc1. The van der Waals surface area contributed by atoms with Crippen LogP contribution >= 0.6 is 0 Å². The molecular weight excluding hydrogens is 343 g/mol. The number of para-hydroxylation sites is 1. The number of amides is 1. The van der Waals surface area contributed by atoms with Gasteiger partial charge in [0.1, 0.15) is 17.3 Å². The zero-order valence-electron chi connectivity index (χ0n) is 14.8. The molecule has 0 heterocycles. The van der Waals surface area contributed by atoms with E-state index in [2.05, 4.69) is 10.6 Å². The van der Waals surface area contributed by atoms with Crippen LogP contribution in [0.15, 0.2) is 78.9 Å². The number of rotatable bonds is 8. The summed E-state index contributed by atoms with van der Waals surface area (Å²) >= 11 is 0. The van der Waals surface area contributed by atoms with E-state index in [1.165, 1.54) is 6.07 Å². The van der Waals surface area contributed by atoms with E-state index in [9.17, 15) is 9.18 Å². The molecule has 27 heavy (non-hydrogen) atoms. The van der Waals surface area contributed by atoms with Crippen LogP contribution in [0, 0.1) is 5.82 Å². The van der Waals surface area contributed by atoms with Gasteiger partial charge in [0.05, 0.1) is 6.54 Å². The van der Waals surface area contributed by atoms with Crippen molar-refractivity contribution >= 4 is 11.6 Å². The molecule has 0 bridgehead atoms. The molecule has 0 fully saturated rings. The Hall–Kier alpha value is -3.18. The minimum atomic E-state index is -0.221. The van der Waals surface area contributed by atoms with Crippen molar-refractivity contribution in [1.82, 2.24) is 5.32 Å². The van der Waals surface area contributed by atoms with Crippen LogP contribution < -0.4 is 15.4 Å². The first kappa shape index (κ1) is 18.6. The highest BCUT2D eigenvalue weighted by molar-refractivity contribution is 5.92. The highest BCUT2D eigenvalue weighted by atomic mass is 19.1. The average Bonchev–Trinajstić information content (AvgIpc) is 2.69. The molecule has 0 unspecified atom stereocenters. The first-order valence-electron chi connectivity index (χ1n) is 8.77. The number of ether oxygens (including phenoxy) is 1. The molecule has 3 aromatic rings. The minimum absolute atomic E-state index is 0.153. The molecule has 2 N–H and O–H groups in total. The predicted octanol–water partition coefficient (Wildman–Crippen LogP) is 4.39. The third-order valence-electron chi connectivity index (χ3n) is 3.93. The van der Waals surface area contributed by atoms with Crippen LogP contribution in [-0.4, -0.2) is 19.0 Å². The summed E-state index contributed by atoms with van der Waals surface area (Å²) in [6.45, 7) is 0.689. The molecule has 3 aromatic carbocycles. The van der Waals surface area contributed by atoms with Crippen LogP contribution in [0.1, 0.15) is 5.56 Å². The maximum absolute atomic E-state index is 13.5. The van der Waals surface area contributed by atoms with E-state index < -0.39 is 0 Å². The molecule has 0 aliphatic heterocycles. The van der Waals surface area contributed by atoms with Gasteiger partial charge >= 0.3 is 0 Å². The van der Waals surface area contributed by atoms with Crippen molar-refractivity contribution in [2.75, 3.05) is 18.4 Å². The molecule has 0 aliphatic carbocycles. The first-order valence-corrected chi connectivity index (χ1v) is 8.77. The summed E-state index contributed by atoms with van der Waals surface area (Å²) in [6.07, 6.45) is 0.533. The molecule has 0 spiro atoms. The second-order valence-electron chi connectivity index (χ2n) is 6.01. The van der Waals surface area contributed by atoms with Crippen LogP contribution in [0.5, 0.6) is 11.5 Å². The topological polar surface area (TPSA) is 50.4 Å². The monoisotopic (exact) mass is 364 g/mol. The van der Waals surface area contributed by atoms with Crippen molar-refractivity contribution < 1.29 is 13.9 Å². The Morgan fingerprint density at radius 2 is 1.52 bits per heavy atom. The Morgan fingerprint density at radius 1 is 0.852 bits per heavy atom. The summed E-state index contributed by atoms with van der Waals surface area (Å²) in [6, 6.07) is 23.3. The van der Waals surface area contributed by atoms with E-state index in [4.69, 9.17) is 4.74 Å². The Morgan fingerprint density at radius 3 is 2.26 bits per heavy atom. The first-order chi connectivity index (χ1) is 13.2. The van der Waals surface area contributed by atoms with Gasteiger partial charge in [0.2, 0.25) is 5.91 Å². The van der Waals surface area contributed by atoms with Gasteiger partial charge in [-0.05, 0) is 61.0 Å². The standard InChI is InChI=1S/C22H21FN2O2/c23-21-9-5-4-6-17(21)14-15-24-16-22(26)25-18-10-12-20(13-11-18)27-19-7-2-1-3-8-19/h1-13,24H,14-16H2,(H,25,26). The normalized spacial score (nSPS) is 10.4. The molecular formula is C22H21FN2O2. The summed E-state index contributed by atoms with van der Waals surface area (Å²) < 4.78 is 19.2. The van der Waals surface area contributed by atoms with Gasteiger partial charge in [-0.25, -0.2) is 4.39 Å². The summed E-state index contributed by atoms with van der Waals surface area (Å²) in [5, 5.41) is 5.83. The molecule has 1 amide bonds. The summed E-state index contributed by atoms with van der Waals surface area (Å²) in [5.41, 5.74) is 1.33. The summed E-state index contributed by atoms with van der Waals surface area (Å²) in [7, 11) is 0. The zero-order chi connectivity index (χ0) is 18.9. The quantitative estimate of drug-likeness (QED) is 0.583. The van der Waals surface area contributed by atoms with Crippen molar-refractivity contribution in [2.45, 2.75) is 6.42 Å². The van der Waals surface area contributed by atoms with Crippen molar-refractivity contribution in [2.24, 2.45) is 0 Å². The number of hydrogen-bond acceptors (Lipinski definition) is 3. The fraction of sp³-hybridized carbons (Fsp3) is 0.136. The number of nitrogens with one attached hydrogen (secondary N) is 2. The van der Waals surface area contributed by atoms with Gasteiger partial charge in [0.15, 0.2) is 0 Å².